The molecule has 35 heavy (non-hydrogen) atoms. The summed E-state index contributed by atoms with van der Waals surface area (Å²) in [6, 6.07) is 13.1. The minimum absolute atomic E-state index is 0.176. The van der Waals surface area contributed by atoms with Crippen molar-refractivity contribution < 1.29 is 19.1 Å². The monoisotopic (exact) mass is 475 g/mol. The quantitative estimate of drug-likeness (QED) is 0.419. The largest absolute Gasteiger partial charge is 0.443 e. The van der Waals surface area contributed by atoms with Crippen LogP contribution in [0, 0.1) is 0 Å². The molecule has 1 fully saturated rings. The molecule has 7 heteroatoms. The Morgan fingerprint density at radius 1 is 0.943 bits per heavy atom. The summed E-state index contributed by atoms with van der Waals surface area (Å²) in [6.45, 7) is 5.51. The molecule has 1 amide bonds. The van der Waals surface area contributed by atoms with Crippen molar-refractivity contribution >= 4 is 12.2 Å². The van der Waals surface area contributed by atoms with Gasteiger partial charge >= 0.3 is 12.2 Å². The predicted molar refractivity (Wildman–Crippen MR) is 135 cm³/mol. The smallest absolute Gasteiger partial charge is 0.418 e. The Morgan fingerprint density at radius 3 is 2.43 bits per heavy atom. The molecule has 3 aromatic rings. The standard InChI is InChI=1S/C28H33N3O4/c1-28(2,3)35-27(33)31-15-9-14-25(31)22-16-21(18-29-19-22)20-10-8-13-24(17-20)34-26(32)30-23-11-6-4-5-7-12-23/h8-10,13-19,23H,4-7,11-12H2,1-3H3,(H,30,32). The molecular formula is C28H33N3O4. The maximum Gasteiger partial charge on any atom is 0.418 e. The van der Waals surface area contributed by atoms with Gasteiger partial charge in [0.05, 0.1) is 5.69 Å². The molecule has 0 unspecified atom stereocenters. The highest BCUT2D eigenvalue weighted by Crippen LogP contribution is 2.28. The Balaban J connectivity index is 1.50. The van der Waals surface area contributed by atoms with E-state index in [2.05, 4.69) is 10.3 Å². The summed E-state index contributed by atoms with van der Waals surface area (Å²) < 4.78 is 12.6. The van der Waals surface area contributed by atoms with Crippen LogP contribution in [0.3, 0.4) is 0 Å². The lowest BCUT2D eigenvalue weighted by Gasteiger charge is -2.20. The van der Waals surface area contributed by atoms with Crippen LogP contribution in [0.4, 0.5) is 9.59 Å². The summed E-state index contributed by atoms with van der Waals surface area (Å²) in [5.74, 6) is 0.469. The summed E-state index contributed by atoms with van der Waals surface area (Å²) in [5, 5.41) is 3.01. The summed E-state index contributed by atoms with van der Waals surface area (Å²) >= 11 is 0. The van der Waals surface area contributed by atoms with E-state index >= 15 is 0 Å². The van der Waals surface area contributed by atoms with Crippen LogP contribution in [-0.4, -0.2) is 33.4 Å². The van der Waals surface area contributed by atoms with Gasteiger partial charge in [0, 0.05) is 35.8 Å². The third-order valence-corrected chi connectivity index (χ3v) is 5.93. The second-order valence-corrected chi connectivity index (χ2v) is 9.96. The number of hydrogen-bond donors (Lipinski definition) is 1. The van der Waals surface area contributed by atoms with Gasteiger partial charge in [-0.15, -0.1) is 0 Å². The van der Waals surface area contributed by atoms with E-state index in [1.54, 1.807) is 30.7 Å². The van der Waals surface area contributed by atoms with E-state index in [4.69, 9.17) is 9.47 Å². The number of pyridine rings is 1. The first-order chi connectivity index (χ1) is 16.8. The van der Waals surface area contributed by atoms with Crippen molar-refractivity contribution in [2.75, 3.05) is 0 Å². The molecule has 0 saturated heterocycles. The number of carbonyl (C=O) groups is 2. The lowest BCUT2D eigenvalue weighted by Crippen LogP contribution is -2.36. The number of amides is 1. The number of carbonyl (C=O) groups excluding carboxylic acids is 2. The molecule has 0 radical (unpaired) electrons. The number of ether oxygens (including phenoxy) is 2. The zero-order valence-corrected chi connectivity index (χ0v) is 20.6. The van der Waals surface area contributed by atoms with Crippen LogP contribution in [0.15, 0.2) is 61.1 Å². The molecule has 1 aliphatic rings. The first-order valence-corrected chi connectivity index (χ1v) is 12.2. The van der Waals surface area contributed by atoms with Gasteiger partial charge in [0.15, 0.2) is 0 Å². The zero-order chi connectivity index (χ0) is 24.8. The fourth-order valence-electron chi connectivity index (χ4n) is 4.29. The van der Waals surface area contributed by atoms with Gasteiger partial charge in [0.25, 0.3) is 0 Å². The topological polar surface area (TPSA) is 82.5 Å². The van der Waals surface area contributed by atoms with E-state index in [0.717, 1.165) is 42.4 Å². The Bertz CT molecular complexity index is 1170. The highest BCUT2D eigenvalue weighted by Gasteiger charge is 2.20. The molecule has 2 heterocycles. The van der Waals surface area contributed by atoms with Gasteiger partial charge in [-0.2, -0.15) is 0 Å². The first kappa shape index (κ1) is 24.5. The third-order valence-electron chi connectivity index (χ3n) is 5.93. The minimum atomic E-state index is -0.596. The number of nitrogens with zero attached hydrogens (tertiary/aromatic N) is 2. The SMILES string of the molecule is CC(C)(C)OC(=O)n1cccc1-c1cncc(-c2cccc(OC(=O)NC3CCCCCC3)c2)c1. The fourth-order valence-corrected chi connectivity index (χ4v) is 4.29. The van der Waals surface area contributed by atoms with Crippen molar-refractivity contribution in [2.45, 2.75) is 70.9 Å². The Morgan fingerprint density at radius 2 is 1.69 bits per heavy atom. The number of aromatic nitrogens is 2. The van der Waals surface area contributed by atoms with E-state index < -0.39 is 17.8 Å². The van der Waals surface area contributed by atoms with Gasteiger partial charge in [-0.1, -0.05) is 37.8 Å². The van der Waals surface area contributed by atoms with Crippen molar-refractivity contribution in [1.29, 1.82) is 0 Å². The van der Waals surface area contributed by atoms with Gasteiger partial charge in [0.2, 0.25) is 0 Å². The predicted octanol–water partition coefficient (Wildman–Crippen LogP) is 6.81. The molecule has 1 N–H and O–H groups in total. The highest BCUT2D eigenvalue weighted by atomic mass is 16.6. The van der Waals surface area contributed by atoms with E-state index in [-0.39, 0.29) is 6.04 Å². The minimum Gasteiger partial charge on any atom is -0.443 e. The fraction of sp³-hybridized carbons (Fsp3) is 0.393. The van der Waals surface area contributed by atoms with Crippen LogP contribution in [0.25, 0.3) is 22.4 Å². The van der Waals surface area contributed by atoms with Crippen LogP contribution in [0.1, 0.15) is 59.3 Å². The molecular weight excluding hydrogens is 442 g/mol. The molecule has 4 rings (SSSR count). The summed E-state index contributed by atoms with van der Waals surface area (Å²) in [7, 11) is 0. The number of hydrogen-bond acceptors (Lipinski definition) is 5. The molecule has 7 nitrogen and oxygen atoms in total. The summed E-state index contributed by atoms with van der Waals surface area (Å²) in [6.07, 6.45) is 11.0. The maximum atomic E-state index is 12.6. The Hall–Kier alpha value is -3.61. The van der Waals surface area contributed by atoms with E-state index in [9.17, 15) is 9.59 Å². The van der Waals surface area contributed by atoms with Crippen molar-refractivity contribution in [2.24, 2.45) is 0 Å². The van der Waals surface area contributed by atoms with Crippen LogP contribution < -0.4 is 10.1 Å². The number of nitrogens with one attached hydrogen (secondary N) is 1. The summed E-state index contributed by atoms with van der Waals surface area (Å²) in [4.78, 5) is 29.5. The second-order valence-electron chi connectivity index (χ2n) is 9.96. The van der Waals surface area contributed by atoms with Crippen molar-refractivity contribution in [1.82, 2.24) is 14.9 Å². The molecule has 1 saturated carbocycles. The van der Waals surface area contributed by atoms with Crippen molar-refractivity contribution in [3.05, 3.63) is 61.1 Å². The van der Waals surface area contributed by atoms with Gasteiger partial charge in [-0.25, -0.2) is 9.59 Å². The second kappa shape index (κ2) is 10.8. The third kappa shape index (κ3) is 6.72. The molecule has 184 valence electrons. The molecule has 0 aliphatic heterocycles. The molecule has 0 atom stereocenters. The summed E-state index contributed by atoms with van der Waals surface area (Å²) in [5.41, 5.74) is 2.56. The van der Waals surface area contributed by atoms with Crippen LogP contribution in [0.5, 0.6) is 5.75 Å². The normalized spacial score (nSPS) is 14.7. The highest BCUT2D eigenvalue weighted by molar-refractivity contribution is 5.80. The number of rotatable bonds is 4. The number of benzene rings is 1. The van der Waals surface area contributed by atoms with E-state index in [1.807, 2.05) is 51.1 Å². The lowest BCUT2D eigenvalue weighted by atomic mass is 10.0. The Labute approximate surface area is 206 Å². The van der Waals surface area contributed by atoms with Crippen LogP contribution in [-0.2, 0) is 4.74 Å². The van der Waals surface area contributed by atoms with Crippen molar-refractivity contribution in [3.8, 4) is 28.1 Å². The molecule has 0 spiro atoms. The molecule has 1 aliphatic carbocycles. The Kier molecular flexibility index (Phi) is 7.54. The molecule has 0 bridgehead atoms. The molecule has 1 aromatic carbocycles. The van der Waals surface area contributed by atoms with E-state index in [0.29, 0.717) is 11.4 Å². The van der Waals surface area contributed by atoms with Gasteiger partial charge in [0.1, 0.15) is 11.4 Å². The zero-order valence-electron chi connectivity index (χ0n) is 20.6. The lowest BCUT2D eigenvalue weighted by molar-refractivity contribution is 0.0540. The van der Waals surface area contributed by atoms with Crippen molar-refractivity contribution in [3.63, 3.8) is 0 Å². The van der Waals surface area contributed by atoms with Gasteiger partial charge in [-0.05, 0) is 69.5 Å². The maximum absolute atomic E-state index is 12.6. The molecule has 2 aromatic heterocycles. The van der Waals surface area contributed by atoms with E-state index in [1.165, 1.54) is 17.4 Å². The van der Waals surface area contributed by atoms with Crippen LogP contribution >= 0.6 is 0 Å². The average molecular weight is 476 g/mol. The van der Waals surface area contributed by atoms with Gasteiger partial charge < -0.3 is 14.8 Å². The van der Waals surface area contributed by atoms with Crippen LogP contribution in [0.2, 0.25) is 0 Å². The first-order valence-electron chi connectivity index (χ1n) is 12.2. The average Bonchev–Trinajstić information content (AvgIpc) is 3.17. The van der Waals surface area contributed by atoms with Gasteiger partial charge in [-0.3, -0.25) is 9.55 Å².